The van der Waals surface area contributed by atoms with Crippen LogP contribution in [0.3, 0.4) is 0 Å². The van der Waals surface area contributed by atoms with E-state index in [9.17, 15) is 9.59 Å². The third-order valence-electron chi connectivity index (χ3n) is 5.43. The molecule has 0 aromatic heterocycles. The standard InChI is InChI=1S/C27H36N4O3/c1-3-4-5-6-7-8-9-10-11-12-21-34-26(32)22-13-15-24(16-14-22)29-27(33)31-30-25-19-17-23(28-2)18-20-25/h13-20,30H,3-12,21H2,1H3,(H2,29,31,33). The molecule has 0 aliphatic rings. The Morgan fingerprint density at radius 3 is 1.94 bits per heavy atom. The number of nitrogens with one attached hydrogen (secondary N) is 3. The number of amides is 2. The molecule has 0 aliphatic carbocycles. The Labute approximate surface area is 203 Å². The quantitative estimate of drug-likeness (QED) is 0.110. The molecule has 182 valence electrons. The molecule has 0 fully saturated rings. The summed E-state index contributed by atoms with van der Waals surface area (Å²) in [6.45, 7) is 9.61. The maximum absolute atomic E-state index is 12.2. The molecule has 3 N–H and O–H groups in total. The van der Waals surface area contributed by atoms with Crippen molar-refractivity contribution in [3.8, 4) is 0 Å². The van der Waals surface area contributed by atoms with Crippen LogP contribution in [0.15, 0.2) is 48.5 Å². The van der Waals surface area contributed by atoms with Crippen molar-refractivity contribution in [1.82, 2.24) is 5.43 Å². The molecule has 34 heavy (non-hydrogen) atoms. The lowest BCUT2D eigenvalue weighted by atomic mass is 10.1. The van der Waals surface area contributed by atoms with Crippen LogP contribution in [0.2, 0.25) is 0 Å². The van der Waals surface area contributed by atoms with Gasteiger partial charge in [-0.2, -0.15) is 0 Å². The monoisotopic (exact) mass is 464 g/mol. The third-order valence-corrected chi connectivity index (χ3v) is 5.43. The van der Waals surface area contributed by atoms with Crippen molar-refractivity contribution >= 4 is 29.1 Å². The Morgan fingerprint density at radius 1 is 0.794 bits per heavy atom. The molecule has 7 heteroatoms. The van der Waals surface area contributed by atoms with Gasteiger partial charge in [-0.25, -0.2) is 14.4 Å². The first-order valence-corrected chi connectivity index (χ1v) is 12.2. The second-order valence-corrected chi connectivity index (χ2v) is 8.26. The van der Waals surface area contributed by atoms with Gasteiger partial charge in [-0.05, 0) is 42.8 Å². The van der Waals surface area contributed by atoms with Gasteiger partial charge in [0.05, 0.1) is 24.4 Å². The van der Waals surface area contributed by atoms with Crippen molar-refractivity contribution in [2.75, 3.05) is 17.3 Å². The number of carbonyl (C=O) groups is 2. The predicted molar refractivity (Wildman–Crippen MR) is 137 cm³/mol. The van der Waals surface area contributed by atoms with Gasteiger partial charge in [-0.1, -0.05) is 76.8 Å². The molecule has 0 unspecified atom stereocenters. The summed E-state index contributed by atoms with van der Waals surface area (Å²) in [5, 5.41) is 2.68. The van der Waals surface area contributed by atoms with Gasteiger partial charge in [0.15, 0.2) is 5.69 Å². The molecule has 0 aliphatic heterocycles. The van der Waals surface area contributed by atoms with Crippen LogP contribution in [0.25, 0.3) is 4.85 Å². The van der Waals surface area contributed by atoms with Crippen molar-refractivity contribution in [2.24, 2.45) is 0 Å². The molecule has 0 radical (unpaired) electrons. The lowest BCUT2D eigenvalue weighted by molar-refractivity contribution is 0.0497. The highest BCUT2D eigenvalue weighted by Crippen LogP contribution is 2.16. The molecule has 0 bridgehead atoms. The topological polar surface area (TPSA) is 83.8 Å². The van der Waals surface area contributed by atoms with Gasteiger partial charge in [-0.3, -0.25) is 10.9 Å². The first-order chi connectivity index (χ1) is 16.6. The van der Waals surface area contributed by atoms with Crippen LogP contribution in [0.1, 0.15) is 81.5 Å². The number of ether oxygens (including phenoxy) is 1. The fourth-order valence-corrected chi connectivity index (χ4v) is 3.44. The molecule has 2 rings (SSSR count). The van der Waals surface area contributed by atoms with E-state index in [0.29, 0.717) is 29.2 Å². The minimum absolute atomic E-state index is 0.351. The third kappa shape index (κ3) is 10.9. The summed E-state index contributed by atoms with van der Waals surface area (Å²) >= 11 is 0. The smallest absolute Gasteiger partial charge is 0.338 e. The van der Waals surface area contributed by atoms with Gasteiger partial charge in [-0.15, -0.1) is 0 Å². The lowest BCUT2D eigenvalue weighted by Gasteiger charge is -2.10. The van der Waals surface area contributed by atoms with Gasteiger partial charge in [0.2, 0.25) is 0 Å². The zero-order valence-corrected chi connectivity index (χ0v) is 20.1. The maximum Gasteiger partial charge on any atom is 0.338 e. The fraction of sp³-hybridized carbons (Fsp3) is 0.444. The number of esters is 1. The summed E-state index contributed by atoms with van der Waals surface area (Å²) in [5.41, 5.74) is 7.46. The summed E-state index contributed by atoms with van der Waals surface area (Å²) in [6, 6.07) is 12.8. The number of hydrogen-bond acceptors (Lipinski definition) is 4. The van der Waals surface area contributed by atoms with E-state index in [-0.39, 0.29) is 5.97 Å². The number of carbonyl (C=O) groups excluding carboxylic acids is 2. The molecule has 0 atom stereocenters. The Kier molecular flexibility index (Phi) is 12.7. The Bertz CT molecular complexity index is 905. The predicted octanol–water partition coefficient (Wildman–Crippen LogP) is 7.46. The molecular formula is C27H36N4O3. The summed E-state index contributed by atoms with van der Waals surface area (Å²) < 4.78 is 5.36. The van der Waals surface area contributed by atoms with Crippen LogP contribution in [0.5, 0.6) is 0 Å². The number of anilines is 2. The lowest BCUT2D eigenvalue weighted by Crippen LogP contribution is -2.33. The van der Waals surface area contributed by atoms with Crippen molar-refractivity contribution in [1.29, 1.82) is 0 Å². The number of benzene rings is 2. The average molecular weight is 465 g/mol. The molecule has 2 aromatic carbocycles. The van der Waals surface area contributed by atoms with Gasteiger partial charge >= 0.3 is 12.0 Å². The van der Waals surface area contributed by atoms with Crippen LogP contribution in [-0.2, 0) is 4.74 Å². The molecule has 0 saturated carbocycles. The Balaban J connectivity index is 1.58. The van der Waals surface area contributed by atoms with E-state index in [1.807, 2.05) is 0 Å². The van der Waals surface area contributed by atoms with Crippen LogP contribution in [0.4, 0.5) is 21.9 Å². The number of rotatable bonds is 15. The second-order valence-electron chi connectivity index (χ2n) is 8.26. The summed E-state index contributed by atoms with van der Waals surface area (Å²) in [6.07, 6.45) is 12.4. The zero-order chi connectivity index (χ0) is 24.4. The second kappa shape index (κ2) is 16.1. The van der Waals surface area contributed by atoms with Crippen molar-refractivity contribution in [3.05, 3.63) is 65.5 Å². The number of nitrogens with zero attached hydrogens (tertiary/aromatic N) is 1. The molecule has 2 aromatic rings. The number of urea groups is 1. The van der Waals surface area contributed by atoms with Gasteiger partial charge in [0.25, 0.3) is 0 Å². The summed E-state index contributed by atoms with van der Waals surface area (Å²) in [5.74, 6) is -0.351. The fourth-order valence-electron chi connectivity index (χ4n) is 3.44. The largest absolute Gasteiger partial charge is 0.462 e. The molecule has 0 spiro atoms. The Morgan fingerprint density at radius 2 is 1.35 bits per heavy atom. The van der Waals surface area contributed by atoms with Crippen molar-refractivity contribution < 1.29 is 14.3 Å². The maximum atomic E-state index is 12.2. The van der Waals surface area contributed by atoms with Crippen molar-refractivity contribution in [3.63, 3.8) is 0 Å². The van der Waals surface area contributed by atoms with Gasteiger partial charge in [0, 0.05) is 5.69 Å². The van der Waals surface area contributed by atoms with E-state index >= 15 is 0 Å². The molecule has 7 nitrogen and oxygen atoms in total. The molecular weight excluding hydrogens is 428 g/mol. The van der Waals surface area contributed by atoms with Crippen LogP contribution < -0.4 is 16.2 Å². The van der Waals surface area contributed by atoms with Crippen molar-refractivity contribution in [2.45, 2.75) is 71.1 Å². The highest BCUT2D eigenvalue weighted by Gasteiger charge is 2.08. The highest BCUT2D eigenvalue weighted by atomic mass is 16.5. The minimum atomic E-state index is -0.453. The average Bonchev–Trinajstić information content (AvgIpc) is 2.86. The minimum Gasteiger partial charge on any atom is -0.462 e. The van der Waals surface area contributed by atoms with Crippen LogP contribution in [0, 0.1) is 6.57 Å². The SMILES string of the molecule is [C-]#[N+]c1ccc(NNC(=O)Nc2ccc(C(=O)OCCCCCCCCCCCC)cc2)cc1. The first-order valence-electron chi connectivity index (χ1n) is 12.2. The van der Waals surface area contributed by atoms with E-state index < -0.39 is 6.03 Å². The van der Waals surface area contributed by atoms with E-state index in [1.54, 1.807) is 48.5 Å². The summed E-state index contributed by atoms with van der Waals surface area (Å²) in [4.78, 5) is 27.5. The zero-order valence-electron chi connectivity index (χ0n) is 20.1. The highest BCUT2D eigenvalue weighted by molar-refractivity contribution is 5.92. The molecule has 2 amide bonds. The van der Waals surface area contributed by atoms with Gasteiger partial charge in [0.1, 0.15) is 0 Å². The van der Waals surface area contributed by atoms with Crippen LogP contribution in [-0.4, -0.2) is 18.6 Å². The van der Waals surface area contributed by atoms with E-state index in [0.717, 1.165) is 12.8 Å². The normalized spacial score (nSPS) is 10.2. The van der Waals surface area contributed by atoms with E-state index in [4.69, 9.17) is 11.3 Å². The van der Waals surface area contributed by atoms with E-state index in [1.165, 1.54) is 51.4 Å². The number of hydrazine groups is 1. The molecule has 0 heterocycles. The van der Waals surface area contributed by atoms with Crippen LogP contribution >= 0.6 is 0 Å². The first kappa shape index (κ1) is 26.7. The molecule has 0 saturated heterocycles. The Hall–Kier alpha value is -3.53. The van der Waals surface area contributed by atoms with Gasteiger partial charge < -0.3 is 10.1 Å². The number of hydrogen-bond donors (Lipinski definition) is 3. The summed E-state index contributed by atoms with van der Waals surface area (Å²) in [7, 11) is 0. The van der Waals surface area contributed by atoms with E-state index in [2.05, 4.69) is 27.9 Å². The number of unbranched alkanes of at least 4 members (excludes halogenated alkanes) is 9.